The van der Waals surface area contributed by atoms with Gasteiger partial charge in [0.15, 0.2) is 0 Å². The summed E-state index contributed by atoms with van der Waals surface area (Å²) in [4.78, 5) is 39.2. The maximum absolute atomic E-state index is 13.2. The van der Waals surface area contributed by atoms with Gasteiger partial charge in [-0.25, -0.2) is 4.98 Å². The van der Waals surface area contributed by atoms with Crippen LogP contribution in [0.1, 0.15) is 38.9 Å². The van der Waals surface area contributed by atoms with Crippen LogP contribution < -0.4 is 5.56 Å². The fourth-order valence-electron chi connectivity index (χ4n) is 3.38. The zero-order chi connectivity index (χ0) is 19.1. The monoisotopic (exact) mass is 399 g/mol. The zero-order valence-corrected chi connectivity index (χ0v) is 17.2. The van der Waals surface area contributed by atoms with Crippen molar-refractivity contribution in [1.29, 1.82) is 0 Å². The Morgan fingerprint density at radius 3 is 2.59 bits per heavy atom. The third kappa shape index (κ3) is 3.37. The van der Waals surface area contributed by atoms with E-state index in [1.54, 1.807) is 11.3 Å². The number of aromatic amines is 1. The highest BCUT2D eigenvalue weighted by Crippen LogP contribution is 2.29. The number of rotatable bonds is 3. The molecule has 0 saturated carbocycles. The third-order valence-electron chi connectivity index (χ3n) is 4.97. The van der Waals surface area contributed by atoms with Gasteiger partial charge >= 0.3 is 0 Å². The van der Waals surface area contributed by atoms with Crippen LogP contribution in [-0.4, -0.2) is 33.9 Å². The number of carbonyl (C=O) groups is 1. The number of nitrogens with one attached hydrogen (secondary N) is 1. The number of fused-ring (bicyclic) bond motifs is 1. The largest absolute Gasteiger partial charge is 0.339 e. The van der Waals surface area contributed by atoms with E-state index in [1.807, 2.05) is 43.9 Å². The van der Waals surface area contributed by atoms with Crippen LogP contribution in [0.5, 0.6) is 0 Å². The molecule has 0 spiro atoms. The number of H-pyrrole nitrogens is 1. The Bertz CT molecular complexity index is 1110. The van der Waals surface area contributed by atoms with Gasteiger partial charge in [-0.1, -0.05) is 0 Å². The predicted molar refractivity (Wildman–Crippen MR) is 112 cm³/mol. The Morgan fingerprint density at radius 2 is 1.93 bits per heavy atom. The fraction of sp³-hybridized carbons (Fsp3) is 0.350. The molecule has 27 heavy (non-hydrogen) atoms. The van der Waals surface area contributed by atoms with Crippen LogP contribution in [-0.2, 0) is 4.79 Å². The van der Waals surface area contributed by atoms with Gasteiger partial charge in [0, 0.05) is 27.7 Å². The molecular weight excluding hydrogens is 378 g/mol. The molecular formula is C20H21N3O2S2. The molecule has 0 radical (unpaired) electrons. The lowest BCUT2D eigenvalue weighted by molar-refractivity contribution is -0.123. The van der Waals surface area contributed by atoms with Crippen molar-refractivity contribution in [3.63, 3.8) is 0 Å². The van der Waals surface area contributed by atoms with Gasteiger partial charge in [0.25, 0.3) is 11.5 Å². The minimum Gasteiger partial charge on any atom is -0.339 e. The number of aromatic nitrogens is 2. The van der Waals surface area contributed by atoms with Crippen LogP contribution in [0.3, 0.4) is 0 Å². The predicted octanol–water partition coefficient (Wildman–Crippen LogP) is 4.13. The Hall–Kier alpha value is -2.25. The molecule has 0 unspecified atom stereocenters. The van der Waals surface area contributed by atoms with E-state index in [0.29, 0.717) is 21.6 Å². The molecule has 3 aromatic rings. The van der Waals surface area contributed by atoms with Crippen LogP contribution in [0, 0.1) is 20.8 Å². The molecule has 1 amide bonds. The first-order valence-electron chi connectivity index (χ1n) is 9.02. The first-order chi connectivity index (χ1) is 12.9. The highest BCUT2D eigenvalue weighted by molar-refractivity contribution is 7.18. The highest BCUT2D eigenvalue weighted by Gasteiger charge is 2.25. The number of nitrogens with zero attached hydrogens (tertiary/aromatic N) is 2. The molecule has 0 atom stereocenters. The molecule has 4 heterocycles. The Morgan fingerprint density at radius 1 is 1.19 bits per heavy atom. The molecule has 3 aromatic heterocycles. The van der Waals surface area contributed by atoms with Crippen LogP contribution in [0.15, 0.2) is 16.9 Å². The normalized spacial score (nSPS) is 15.1. The van der Waals surface area contributed by atoms with Crippen molar-refractivity contribution in [3.05, 3.63) is 48.5 Å². The first kappa shape index (κ1) is 18.1. The average molecular weight is 400 g/mol. The molecule has 1 fully saturated rings. The maximum atomic E-state index is 13.2. The second kappa shape index (κ2) is 7.05. The molecule has 5 nitrogen and oxygen atoms in total. The number of amides is 1. The summed E-state index contributed by atoms with van der Waals surface area (Å²) in [5.74, 6) is 0.294. The number of hydrogen-bond donors (Lipinski definition) is 1. The van der Waals surface area contributed by atoms with E-state index in [9.17, 15) is 9.59 Å². The first-order valence-corrected chi connectivity index (χ1v) is 10.6. The lowest BCUT2D eigenvalue weighted by Gasteiger charge is -2.17. The quantitative estimate of drug-likeness (QED) is 0.673. The second-order valence-electron chi connectivity index (χ2n) is 6.88. The molecule has 1 aliphatic rings. The molecule has 140 valence electrons. The lowest BCUT2D eigenvalue weighted by Crippen LogP contribution is -2.29. The molecule has 1 aliphatic heterocycles. The van der Waals surface area contributed by atoms with E-state index in [-0.39, 0.29) is 11.5 Å². The molecule has 1 saturated heterocycles. The van der Waals surface area contributed by atoms with E-state index in [4.69, 9.17) is 0 Å². The van der Waals surface area contributed by atoms with Crippen molar-refractivity contribution in [1.82, 2.24) is 14.9 Å². The highest BCUT2D eigenvalue weighted by atomic mass is 32.1. The number of aryl methyl sites for hydroxylation is 3. The standard InChI is InChI=1S/C20H21N3O2S2/c1-11-6-7-14(26-11)10-15(20(25)23-8-4-5-9-23)17-21-18(24)16-12(2)13(3)27-19(16)22-17/h6-7,10H,4-5,8-9H2,1-3H3,(H,21,22,24)/b15-10+. The van der Waals surface area contributed by atoms with E-state index in [1.165, 1.54) is 16.2 Å². The Balaban J connectivity index is 1.87. The minimum atomic E-state index is -0.181. The number of carbonyl (C=O) groups excluding carboxylic acids is 1. The summed E-state index contributed by atoms with van der Waals surface area (Å²) in [5, 5.41) is 0.626. The van der Waals surface area contributed by atoms with Crippen LogP contribution in [0.2, 0.25) is 0 Å². The second-order valence-corrected chi connectivity index (χ2v) is 9.41. The summed E-state index contributed by atoms with van der Waals surface area (Å²) in [6, 6.07) is 4.02. The van der Waals surface area contributed by atoms with Crippen molar-refractivity contribution in [3.8, 4) is 0 Å². The van der Waals surface area contributed by atoms with Gasteiger partial charge < -0.3 is 9.88 Å². The van der Waals surface area contributed by atoms with Crippen molar-refractivity contribution in [2.24, 2.45) is 0 Å². The third-order valence-corrected chi connectivity index (χ3v) is 7.01. The fourth-order valence-corrected chi connectivity index (χ4v) is 5.23. The van der Waals surface area contributed by atoms with Crippen LogP contribution in [0.4, 0.5) is 0 Å². The SMILES string of the molecule is Cc1ccc(/C=C(/C(=O)N2CCCC2)c2nc3sc(C)c(C)c3c(=O)[nH]2)s1. The number of likely N-dealkylation sites (tertiary alicyclic amines) is 1. The number of hydrogen-bond acceptors (Lipinski definition) is 5. The summed E-state index contributed by atoms with van der Waals surface area (Å²) >= 11 is 3.12. The summed E-state index contributed by atoms with van der Waals surface area (Å²) in [6.45, 7) is 7.46. The minimum absolute atomic E-state index is 0.0638. The Kier molecular flexibility index (Phi) is 4.74. The topological polar surface area (TPSA) is 66.1 Å². The molecule has 0 aromatic carbocycles. The van der Waals surface area contributed by atoms with Crippen molar-refractivity contribution in [2.75, 3.05) is 13.1 Å². The van der Waals surface area contributed by atoms with Gasteiger partial charge in [0.2, 0.25) is 0 Å². The average Bonchev–Trinajstić information content (AvgIpc) is 3.34. The van der Waals surface area contributed by atoms with E-state index in [2.05, 4.69) is 9.97 Å². The van der Waals surface area contributed by atoms with Crippen LogP contribution in [0.25, 0.3) is 21.9 Å². The van der Waals surface area contributed by atoms with E-state index >= 15 is 0 Å². The number of thiophene rings is 2. The smallest absolute Gasteiger partial charge is 0.260 e. The van der Waals surface area contributed by atoms with Crippen molar-refractivity contribution < 1.29 is 4.79 Å². The molecule has 0 aliphatic carbocycles. The summed E-state index contributed by atoms with van der Waals surface area (Å²) < 4.78 is 0. The maximum Gasteiger partial charge on any atom is 0.260 e. The van der Waals surface area contributed by atoms with Gasteiger partial charge in [-0.15, -0.1) is 22.7 Å². The van der Waals surface area contributed by atoms with Crippen molar-refractivity contribution >= 4 is 50.4 Å². The molecule has 7 heteroatoms. The molecule has 0 bridgehead atoms. The van der Waals surface area contributed by atoms with Gasteiger partial charge in [-0.3, -0.25) is 9.59 Å². The van der Waals surface area contributed by atoms with Gasteiger partial charge in [0.05, 0.1) is 11.0 Å². The van der Waals surface area contributed by atoms with E-state index in [0.717, 1.165) is 41.2 Å². The summed E-state index contributed by atoms with van der Waals surface area (Å²) in [5.41, 5.74) is 1.24. The van der Waals surface area contributed by atoms with Crippen LogP contribution >= 0.6 is 22.7 Å². The van der Waals surface area contributed by atoms with Crippen molar-refractivity contribution in [2.45, 2.75) is 33.6 Å². The zero-order valence-electron chi connectivity index (χ0n) is 15.6. The van der Waals surface area contributed by atoms with Gasteiger partial charge in [0.1, 0.15) is 10.7 Å². The lowest BCUT2D eigenvalue weighted by atomic mass is 10.1. The Labute approximate surface area is 165 Å². The van der Waals surface area contributed by atoms with E-state index < -0.39 is 0 Å². The van der Waals surface area contributed by atoms with Gasteiger partial charge in [-0.05, 0) is 57.4 Å². The molecule has 4 rings (SSSR count). The molecule has 1 N–H and O–H groups in total. The van der Waals surface area contributed by atoms with Gasteiger partial charge in [-0.2, -0.15) is 0 Å². The summed E-state index contributed by atoms with van der Waals surface area (Å²) in [6.07, 6.45) is 3.89. The summed E-state index contributed by atoms with van der Waals surface area (Å²) in [7, 11) is 0.